The van der Waals surface area contributed by atoms with E-state index in [1.165, 1.54) is 6.08 Å². The van der Waals surface area contributed by atoms with E-state index in [0.29, 0.717) is 38.1 Å². The van der Waals surface area contributed by atoms with Gasteiger partial charge in [0.25, 0.3) is 5.91 Å². The lowest BCUT2D eigenvalue weighted by Crippen LogP contribution is -2.37. The molecule has 0 saturated heterocycles. The molecule has 4 N–H and O–H groups in total. The number of nitrogens with zero attached hydrogens (tertiary/aromatic N) is 1. The van der Waals surface area contributed by atoms with Crippen LogP contribution in [-0.2, 0) is 25.7 Å². The highest BCUT2D eigenvalue weighted by Crippen LogP contribution is 2.10. The van der Waals surface area contributed by atoms with Crippen LogP contribution in [0.25, 0.3) is 0 Å². The Morgan fingerprint density at radius 1 is 1.00 bits per heavy atom. The van der Waals surface area contributed by atoms with Crippen LogP contribution >= 0.6 is 0 Å². The number of benzene rings is 1. The van der Waals surface area contributed by atoms with Gasteiger partial charge in [0.15, 0.2) is 0 Å². The Labute approximate surface area is 194 Å². The van der Waals surface area contributed by atoms with E-state index < -0.39 is 6.04 Å². The quantitative estimate of drug-likeness (QED) is 0.180. The van der Waals surface area contributed by atoms with Crippen LogP contribution in [0.1, 0.15) is 45.1 Å². The van der Waals surface area contributed by atoms with Crippen molar-refractivity contribution in [3.8, 4) is 0 Å². The highest BCUT2D eigenvalue weighted by atomic mass is 16.2. The summed E-state index contributed by atoms with van der Waals surface area (Å²) in [5.74, 6) is -0.637. The second-order valence-corrected chi connectivity index (χ2v) is 7.35. The standard InChI is InChI=1S/C23H33N5O5/c1-3-8-21(31)28(17-30)14-7-5-4-6-13-24-23(33)25-15-19-9-11-20(12-10-19)27-22(32)18(2)26-16-29/h3,8-12,16-18H,4-7,13-15H2,1-2H3,(H,26,29)(H,27,32)(H2,24,25,33)/b8-3-/t18-/m0/s1. The number of allylic oxidation sites excluding steroid dienone is 1. The molecule has 33 heavy (non-hydrogen) atoms. The van der Waals surface area contributed by atoms with Gasteiger partial charge in [-0.25, -0.2) is 4.79 Å². The first-order valence-corrected chi connectivity index (χ1v) is 10.9. The Morgan fingerprint density at radius 3 is 2.33 bits per heavy atom. The minimum atomic E-state index is -0.633. The maximum Gasteiger partial charge on any atom is 0.315 e. The lowest BCUT2D eigenvalue weighted by molar-refractivity contribution is -0.134. The number of rotatable bonds is 15. The van der Waals surface area contributed by atoms with Gasteiger partial charge in [-0.15, -0.1) is 0 Å². The number of carbonyl (C=O) groups is 5. The van der Waals surface area contributed by atoms with Gasteiger partial charge in [0, 0.05) is 25.3 Å². The molecule has 0 saturated carbocycles. The lowest BCUT2D eigenvalue weighted by Gasteiger charge is -2.13. The van der Waals surface area contributed by atoms with Gasteiger partial charge >= 0.3 is 6.03 Å². The van der Waals surface area contributed by atoms with E-state index in [2.05, 4.69) is 21.3 Å². The van der Waals surface area contributed by atoms with Crippen molar-refractivity contribution < 1.29 is 24.0 Å². The summed E-state index contributed by atoms with van der Waals surface area (Å²) in [5.41, 5.74) is 1.46. The SMILES string of the molecule is C/C=C\C(=O)N(C=O)CCCCCCNC(=O)NCc1ccc(NC(=O)[C@H](C)NC=O)cc1. The van der Waals surface area contributed by atoms with Crippen molar-refractivity contribution in [2.24, 2.45) is 0 Å². The number of anilines is 1. The number of urea groups is 1. The summed E-state index contributed by atoms with van der Waals surface area (Å²) in [6, 6.07) is 6.11. The van der Waals surface area contributed by atoms with Crippen LogP contribution in [0.15, 0.2) is 36.4 Å². The van der Waals surface area contributed by atoms with Gasteiger partial charge in [-0.1, -0.05) is 31.1 Å². The zero-order chi connectivity index (χ0) is 24.5. The fourth-order valence-corrected chi connectivity index (χ4v) is 2.79. The third-order valence-corrected chi connectivity index (χ3v) is 4.72. The fraction of sp³-hybridized carbons (Fsp3) is 0.435. The maximum atomic E-state index is 11.9. The molecule has 0 unspecified atom stereocenters. The summed E-state index contributed by atoms with van der Waals surface area (Å²) in [4.78, 5) is 57.8. The average molecular weight is 460 g/mol. The second-order valence-electron chi connectivity index (χ2n) is 7.35. The highest BCUT2D eigenvalue weighted by Gasteiger charge is 2.11. The number of hydrogen-bond donors (Lipinski definition) is 4. The van der Waals surface area contributed by atoms with Gasteiger partial charge in [-0.2, -0.15) is 0 Å². The summed E-state index contributed by atoms with van der Waals surface area (Å²) in [6.07, 6.45) is 7.22. The third-order valence-electron chi connectivity index (χ3n) is 4.72. The number of amides is 6. The van der Waals surface area contributed by atoms with Crippen molar-refractivity contribution in [1.29, 1.82) is 0 Å². The monoisotopic (exact) mass is 459 g/mol. The topological polar surface area (TPSA) is 137 Å². The molecule has 6 amide bonds. The van der Waals surface area contributed by atoms with Gasteiger partial charge in [0.05, 0.1) is 0 Å². The van der Waals surface area contributed by atoms with E-state index in [9.17, 15) is 24.0 Å². The molecule has 1 rings (SSSR count). The van der Waals surface area contributed by atoms with Gasteiger partial charge in [0.2, 0.25) is 18.7 Å². The number of imide groups is 1. The number of carbonyl (C=O) groups excluding carboxylic acids is 5. The fourth-order valence-electron chi connectivity index (χ4n) is 2.79. The molecule has 0 heterocycles. The van der Waals surface area contributed by atoms with E-state index >= 15 is 0 Å². The molecule has 0 aliphatic heterocycles. The van der Waals surface area contributed by atoms with E-state index in [0.717, 1.165) is 36.1 Å². The Hall–Kier alpha value is -3.69. The predicted molar refractivity (Wildman–Crippen MR) is 125 cm³/mol. The largest absolute Gasteiger partial charge is 0.347 e. The van der Waals surface area contributed by atoms with Crippen molar-refractivity contribution in [2.45, 2.75) is 52.1 Å². The minimum absolute atomic E-state index is 0.273. The number of hydrogen-bond acceptors (Lipinski definition) is 5. The smallest absolute Gasteiger partial charge is 0.315 e. The molecule has 0 aliphatic carbocycles. The van der Waals surface area contributed by atoms with E-state index in [-0.39, 0.29) is 17.8 Å². The van der Waals surface area contributed by atoms with E-state index in [4.69, 9.17) is 0 Å². The predicted octanol–water partition coefficient (Wildman–Crippen LogP) is 1.68. The Kier molecular flexibility index (Phi) is 13.3. The van der Waals surface area contributed by atoms with Crippen LogP contribution < -0.4 is 21.3 Å². The second kappa shape index (κ2) is 16.0. The van der Waals surface area contributed by atoms with Crippen LogP contribution in [0.4, 0.5) is 10.5 Å². The molecule has 1 aromatic carbocycles. The number of unbranched alkanes of at least 4 members (excludes halogenated alkanes) is 3. The van der Waals surface area contributed by atoms with Crippen LogP contribution in [0.3, 0.4) is 0 Å². The number of nitrogens with one attached hydrogen (secondary N) is 4. The van der Waals surface area contributed by atoms with Gasteiger partial charge in [0.1, 0.15) is 6.04 Å². The summed E-state index contributed by atoms with van der Waals surface area (Å²) in [7, 11) is 0. The van der Waals surface area contributed by atoms with Gasteiger partial charge < -0.3 is 21.3 Å². The van der Waals surface area contributed by atoms with Crippen LogP contribution in [0.2, 0.25) is 0 Å². The molecular weight excluding hydrogens is 426 g/mol. The third kappa shape index (κ3) is 11.5. The van der Waals surface area contributed by atoms with Crippen molar-refractivity contribution in [2.75, 3.05) is 18.4 Å². The first-order valence-electron chi connectivity index (χ1n) is 10.9. The van der Waals surface area contributed by atoms with Crippen LogP contribution in [-0.4, -0.2) is 54.7 Å². The summed E-state index contributed by atoms with van der Waals surface area (Å²) < 4.78 is 0. The highest BCUT2D eigenvalue weighted by molar-refractivity contribution is 5.95. The van der Waals surface area contributed by atoms with Gasteiger partial charge in [-0.05, 0) is 50.5 Å². The van der Waals surface area contributed by atoms with E-state index in [1.807, 2.05) is 0 Å². The molecule has 10 nitrogen and oxygen atoms in total. The Bertz CT molecular complexity index is 810. The average Bonchev–Trinajstić information content (AvgIpc) is 2.80. The lowest BCUT2D eigenvalue weighted by atomic mass is 10.2. The molecular formula is C23H33N5O5. The van der Waals surface area contributed by atoms with E-state index in [1.54, 1.807) is 44.2 Å². The Morgan fingerprint density at radius 2 is 1.70 bits per heavy atom. The Balaban J connectivity index is 2.18. The zero-order valence-electron chi connectivity index (χ0n) is 19.1. The molecule has 0 radical (unpaired) electrons. The molecule has 0 aliphatic rings. The molecule has 0 fully saturated rings. The molecule has 10 heteroatoms. The summed E-state index contributed by atoms with van der Waals surface area (Å²) >= 11 is 0. The maximum absolute atomic E-state index is 11.9. The molecule has 180 valence electrons. The molecule has 0 spiro atoms. The van der Waals surface area contributed by atoms with Crippen LogP contribution in [0.5, 0.6) is 0 Å². The summed E-state index contributed by atoms with van der Waals surface area (Å²) in [5, 5.41) is 10.6. The van der Waals surface area contributed by atoms with Crippen molar-refractivity contribution in [1.82, 2.24) is 20.9 Å². The van der Waals surface area contributed by atoms with Crippen molar-refractivity contribution >= 4 is 36.4 Å². The molecule has 0 bridgehead atoms. The minimum Gasteiger partial charge on any atom is -0.347 e. The van der Waals surface area contributed by atoms with Crippen molar-refractivity contribution in [3.63, 3.8) is 0 Å². The molecule has 0 aromatic heterocycles. The molecule has 1 atom stereocenters. The molecule has 1 aromatic rings. The normalized spacial score (nSPS) is 11.3. The zero-order valence-corrected chi connectivity index (χ0v) is 19.1. The van der Waals surface area contributed by atoms with Crippen LogP contribution in [0, 0.1) is 0 Å². The first-order chi connectivity index (χ1) is 15.9. The first kappa shape index (κ1) is 27.3. The summed E-state index contributed by atoms with van der Waals surface area (Å²) in [6.45, 7) is 4.55. The van der Waals surface area contributed by atoms with Crippen molar-refractivity contribution in [3.05, 3.63) is 42.0 Å². The van der Waals surface area contributed by atoms with Gasteiger partial charge in [-0.3, -0.25) is 24.1 Å².